The lowest BCUT2D eigenvalue weighted by molar-refractivity contribution is 0.796. The monoisotopic (exact) mass is 294 g/mol. The van der Waals surface area contributed by atoms with Crippen molar-refractivity contribution < 1.29 is 0 Å². The van der Waals surface area contributed by atoms with Gasteiger partial charge in [-0.1, -0.05) is 74.5 Å². The summed E-state index contributed by atoms with van der Waals surface area (Å²) in [4.78, 5) is 8.08. The van der Waals surface area contributed by atoms with Crippen molar-refractivity contribution in [3.8, 4) is 0 Å². The van der Waals surface area contributed by atoms with Gasteiger partial charge in [-0.05, 0) is 10.6 Å². The molecule has 2 aromatic carbocycles. The van der Waals surface area contributed by atoms with Gasteiger partial charge >= 0.3 is 0 Å². The summed E-state index contributed by atoms with van der Waals surface area (Å²) in [6, 6.07) is 21.4. The maximum atomic E-state index is 4.55. The molecule has 0 radical (unpaired) electrons. The number of hydrogen-bond donors (Lipinski definition) is 1. The summed E-state index contributed by atoms with van der Waals surface area (Å²) in [5.74, 6) is 1.48. The van der Waals surface area contributed by atoms with Crippen molar-refractivity contribution >= 4 is 24.0 Å². The summed E-state index contributed by atoms with van der Waals surface area (Å²) in [6.45, 7) is 4.33. The fourth-order valence-corrected chi connectivity index (χ4v) is 4.51. The largest absolute Gasteiger partial charge is 0.341 e. The van der Waals surface area contributed by atoms with E-state index in [1.807, 2.05) is 6.20 Å². The third-order valence-electron chi connectivity index (χ3n) is 3.40. The Bertz CT molecular complexity index is 650. The van der Waals surface area contributed by atoms with E-state index in [1.54, 1.807) is 0 Å². The highest BCUT2D eigenvalue weighted by atomic mass is 31.1. The lowest BCUT2D eigenvalue weighted by atomic mass is 10.2. The predicted octanol–water partition coefficient (Wildman–Crippen LogP) is 3.29. The third-order valence-corrected chi connectivity index (χ3v) is 5.74. The number of aromatic nitrogens is 2. The van der Waals surface area contributed by atoms with E-state index in [9.17, 15) is 0 Å². The maximum absolute atomic E-state index is 4.55. The topological polar surface area (TPSA) is 28.7 Å². The number of hydrogen-bond acceptors (Lipinski definition) is 1. The van der Waals surface area contributed by atoms with Crippen LogP contribution < -0.4 is 16.0 Å². The van der Waals surface area contributed by atoms with E-state index in [1.165, 1.54) is 16.0 Å². The van der Waals surface area contributed by atoms with Gasteiger partial charge in [-0.3, -0.25) is 0 Å². The molecule has 1 aromatic heterocycles. The molecule has 3 aromatic rings. The van der Waals surface area contributed by atoms with Gasteiger partial charge in [-0.15, -0.1) is 0 Å². The molecule has 0 fully saturated rings. The molecule has 0 aliphatic rings. The first-order valence-corrected chi connectivity index (χ1v) is 8.55. The molecule has 2 nitrogen and oxygen atoms in total. The molecule has 0 saturated carbocycles. The average Bonchev–Trinajstić information content (AvgIpc) is 3.00. The van der Waals surface area contributed by atoms with Crippen LogP contribution in [-0.4, -0.2) is 9.97 Å². The Hall–Kier alpha value is -1.92. The lowest BCUT2D eigenvalue weighted by Crippen LogP contribution is -2.21. The van der Waals surface area contributed by atoms with Gasteiger partial charge in [0.1, 0.15) is 5.82 Å². The van der Waals surface area contributed by atoms with E-state index in [4.69, 9.17) is 0 Å². The van der Waals surface area contributed by atoms with Crippen molar-refractivity contribution in [2.45, 2.75) is 19.8 Å². The zero-order chi connectivity index (χ0) is 14.7. The minimum atomic E-state index is -0.568. The van der Waals surface area contributed by atoms with Crippen LogP contribution in [0, 0.1) is 0 Å². The number of rotatable bonds is 4. The van der Waals surface area contributed by atoms with Crippen LogP contribution >= 0.6 is 7.92 Å². The molecule has 0 aliphatic carbocycles. The summed E-state index contributed by atoms with van der Waals surface area (Å²) >= 11 is 0. The van der Waals surface area contributed by atoms with Gasteiger partial charge in [0.15, 0.2) is 0 Å². The second-order valence-corrected chi connectivity index (χ2v) is 7.50. The van der Waals surface area contributed by atoms with Gasteiger partial charge in [-0.25, -0.2) is 4.98 Å². The van der Waals surface area contributed by atoms with Crippen LogP contribution in [0.3, 0.4) is 0 Å². The Balaban J connectivity index is 2.08. The number of benzene rings is 2. The minimum Gasteiger partial charge on any atom is -0.341 e. The summed E-state index contributed by atoms with van der Waals surface area (Å²) in [5, 5.41) is 2.69. The fraction of sp³-hybridized carbons (Fsp3) is 0.167. The van der Waals surface area contributed by atoms with Crippen molar-refractivity contribution in [1.29, 1.82) is 0 Å². The Morgan fingerprint density at radius 2 is 1.38 bits per heavy atom. The van der Waals surface area contributed by atoms with Gasteiger partial charge < -0.3 is 4.98 Å². The number of aromatic amines is 1. The van der Waals surface area contributed by atoms with Gasteiger partial charge in [0.05, 0.1) is 11.6 Å². The number of nitrogens with one attached hydrogen (secondary N) is 1. The number of H-pyrrole nitrogens is 1. The van der Waals surface area contributed by atoms with Crippen molar-refractivity contribution in [2.24, 2.45) is 0 Å². The Morgan fingerprint density at radius 1 is 0.857 bits per heavy atom. The van der Waals surface area contributed by atoms with E-state index in [2.05, 4.69) is 84.5 Å². The van der Waals surface area contributed by atoms with E-state index in [0.29, 0.717) is 5.92 Å². The van der Waals surface area contributed by atoms with Crippen LogP contribution in [0.1, 0.15) is 25.6 Å². The SMILES string of the molecule is CC(C)c1ncc(P(c2ccccc2)c2ccccc2)[nH]1. The molecular formula is C18H19N2P. The maximum Gasteiger partial charge on any atom is 0.109 e. The standard InChI is InChI=1S/C18H19N2P/c1-14(2)18-19-13-17(20-18)21(15-9-5-3-6-10-15)16-11-7-4-8-12-16/h3-14H,1-2H3,(H,19,20). The molecule has 1 N–H and O–H groups in total. The zero-order valence-electron chi connectivity index (χ0n) is 12.3. The Kier molecular flexibility index (Phi) is 4.17. The molecule has 0 unspecified atom stereocenters. The molecule has 21 heavy (non-hydrogen) atoms. The molecule has 1 heterocycles. The molecule has 0 bridgehead atoms. The highest BCUT2D eigenvalue weighted by Gasteiger charge is 2.18. The van der Waals surface area contributed by atoms with Crippen LogP contribution in [0.5, 0.6) is 0 Å². The molecule has 0 atom stereocenters. The van der Waals surface area contributed by atoms with E-state index in [-0.39, 0.29) is 0 Å². The molecule has 3 rings (SSSR count). The van der Waals surface area contributed by atoms with Gasteiger partial charge in [0.25, 0.3) is 0 Å². The van der Waals surface area contributed by atoms with Gasteiger partial charge in [-0.2, -0.15) is 0 Å². The minimum absolute atomic E-state index is 0.419. The first kappa shape index (κ1) is 14.0. The Labute approximate surface area is 127 Å². The second-order valence-electron chi connectivity index (χ2n) is 5.31. The summed E-state index contributed by atoms with van der Waals surface area (Å²) in [6.07, 6.45) is 2.00. The van der Waals surface area contributed by atoms with Crippen molar-refractivity contribution in [2.75, 3.05) is 0 Å². The van der Waals surface area contributed by atoms with Crippen LogP contribution in [0.2, 0.25) is 0 Å². The quantitative estimate of drug-likeness (QED) is 0.735. The molecule has 3 heteroatoms. The van der Waals surface area contributed by atoms with Crippen LogP contribution in [-0.2, 0) is 0 Å². The fourth-order valence-electron chi connectivity index (χ4n) is 2.31. The van der Waals surface area contributed by atoms with Crippen molar-refractivity contribution in [1.82, 2.24) is 9.97 Å². The molecule has 0 saturated heterocycles. The highest BCUT2D eigenvalue weighted by Crippen LogP contribution is 2.32. The summed E-state index contributed by atoms with van der Waals surface area (Å²) in [5.41, 5.74) is 1.21. The van der Waals surface area contributed by atoms with Gasteiger partial charge in [0.2, 0.25) is 0 Å². The van der Waals surface area contributed by atoms with E-state index < -0.39 is 7.92 Å². The van der Waals surface area contributed by atoms with Crippen LogP contribution in [0.15, 0.2) is 66.9 Å². The van der Waals surface area contributed by atoms with Crippen molar-refractivity contribution in [3.63, 3.8) is 0 Å². The van der Waals surface area contributed by atoms with Crippen LogP contribution in [0.4, 0.5) is 0 Å². The first-order chi connectivity index (χ1) is 10.3. The molecule has 0 spiro atoms. The number of nitrogens with zero attached hydrogens (tertiary/aromatic N) is 1. The average molecular weight is 294 g/mol. The summed E-state index contributed by atoms with van der Waals surface area (Å²) < 4.78 is 0. The normalized spacial score (nSPS) is 11.2. The van der Waals surface area contributed by atoms with Crippen LogP contribution in [0.25, 0.3) is 0 Å². The summed E-state index contributed by atoms with van der Waals surface area (Å²) in [7, 11) is -0.568. The smallest absolute Gasteiger partial charge is 0.109 e. The highest BCUT2D eigenvalue weighted by molar-refractivity contribution is 7.79. The lowest BCUT2D eigenvalue weighted by Gasteiger charge is -2.17. The molecule has 0 aliphatic heterocycles. The zero-order valence-corrected chi connectivity index (χ0v) is 13.2. The molecular weight excluding hydrogens is 275 g/mol. The Morgan fingerprint density at radius 3 is 1.81 bits per heavy atom. The van der Waals surface area contributed by atoms with Gasteiger partial charge in [0, 0.05) is 13.8 Å². The second kappa shape index (κ2) is 6.24. The third kappa shape index (κ3) is 3.06. The number of imidazole rings is 1. The molecule has 106 valence electrons. The first-order valence-electron chi connectivity index (χ1n) is 7.21. The van der Waals surface area contributed by atoms with E-state index >= 15 is 0 Å². The molecule has 0 amide bonds. The van der Waals surface area contributed by atoms with Crippen molar-refractivity contribution in [3.05, 3.63) is 72.7 Å². The van der Waals surface area contributed by atoms with E-state index in [0.717, 1.165) is 5.82 Å². The predicted molar refractivity (Wildman–Crippen MR) is 91.4 cm³/mol.